The topological polar surface area (TPSA) is 57.8 Å². The highest BCUT2D eigenvalue weighted by molar-refractivity contribution is 5.95. The molecule has 2 aliphatic rings. The lowest BCUT2D eigenvalue weighted by atomic mass is 9.93. The second kappa shape index (κ2) is 6.00. The van der Waals surface area contributed by atoms with Crippen LogP contribution in [-0.2, 0) is 18.4 Å². The van der Waals surface area contributed by atoms with Crippen LogP contribution in [0.2, 0.25) is 0 Å². The van der Waals surface area contributed by atoms with E-state index < -0.39 is 0 Å². The van der Waals surface area contributed by atoms with E-state index in [1.54, 1.807) is 10.9 Å². The van der Waals surface area contributed by atoms with Gasteiger partial charge in [0.2, 0.25) is 5.91 Å². The Hall–Kier alpha value is -2.12. The van der Waals surface area contributed by atoms with E-state index in [0.717, 1.165) is 43.3 Å². The monoisotopic (exact) mass is 343 g/mol. The van der Waals surface area contributed by atoms with Gasteiger partial charge in [-0.1, -0.05) is 0 Å². The Bertz CT molecular complexity index is 782. The lowest BCUT2D eigenvalue weighted by Gasteiger charge is -2.46. The van der Waals surface area contributed by atoms with Gasteiger partial charge in [0.1, 0.15) is 11.5 Å². The zero-order valence-corrected chi connectivity index (χ0v) is 15.1. The molecule has 0 radical (unpaired) electrons. The summed E-state index contributed by atoms with van der Waals surface area (Å²) in [5.74, 6) is 2.10. The van der Waals surface area contributed by atoms with Crippen LogP contribution >= 0.6 is 0 Å². The van der Waals surface area contributed by atoms with Crippen LogP contribution in [0.15, 0.2) is 28.9 Å². The summed E-state index contributed by atoms with van der Waals surface area (Å²) in [5.41, 5.74) is 0.880. The molecule has 25 heavy (non-hydrogen) atoms. The molecule has 2 aromatic heterocycles. The van der Waals surface area contributed by atoms with Gasteiger partial charge in [-0.2, -0.15) is 5.10 Å². The number of nitrogens with zero attached hydrogens (tertiary/aromatic N) is 5. The standard InChI is InChI=1S/C18H25N5O2/c1-14-4-5-16(25-14)10-22-7-6-18(12-22)13-23(17(24)11-20(18)2)15-8-19-21(3)9-15/h4-5,8-9H,6-7,10-13H2,1-3H3. The van der Waals surface area contributed by atoms with Gasteiger partial charge in [0.15, 0.2) is 0 Å². The Morgan fingerprint density at radius 1 is 1.28 bits per heavy atom. The zero-order chi connectivity index (χ0) is 17.6. The highest BCUT2D eigenvalue weighted by Gasteiger charge is 2.47. The van der Waals surface area contributed by atoms with Gasteiger partial charge in [-0.15, -0.1) is 0 Å². The zero-order valence-electron chi connectivity index (χ0n) is 15.1. The van der Waals surface area contributed by atoms with Crippen LogP contribution in [0.25, 0.3) is 0 Å². The maximum absolute atomic E-state index is 12.5. The lowest BCUT2D eigenvalue weighted by molar-refractivity contribution is -0.123. The maximum Gasteiger partial charge on any atom is 0.241 e. The van der Waals surface area contributed by atoms with Gasteiger partial charge in [0, 0.05) is 32.9 Å². The van der Waals surface area contributed by atoms with Crippen LogP contribution < -0.4 is 4.90 Å². The molecule has 2 aromatic rings. The van der Waals surface area contributed by atoms with Crippen molar-refractivity contribution in [1.82, 2.24) is 19.6 Å². The molecule has 1 unspecified atom stereocenters. The first kappa shape index (κ1) is 16.4. The van der Waals surface area contributed by atoms with Crippen LogP contribution in [0.3, 0.4) is 0 Å². The third kappa shape index (κ3) is 2.98. The minimum atomic E-state index is -0.00854. The van der Waals surface area contributed by atoms with Gasteiger partial charge >= 0.3 is 0 Å². The third-order valence-electron chi connectivity index (χ3n) is 5.53. The summed E-state index contributed by atoms with van der Waals surface area (Å²) in [4.78, 5) is 19.1. The molecule has 7 nitrogen and oxygen atoms in total. The molecule has 0 aromatic carbocycles. The molecule has 1 atom stereocenters. The van der Waals surface area contributed by atoms with E-state index >= 15 is 0 Å². The van der Waals surface area contributed by atoms with Crippen molar-refractivity contribution < 1.29 is 9.21 Å². The highest BCUT2D eigenvalue weighted by atomic mass is 16.3. The van der Waals surface area contributed by atoms with Crippen LogP contribution in [0.4, 0.5) is 5.69 Å². The smallest absolute Gasteiger partial charge is 0.241 e. The number of carbonyl (C=O) groups excluding carboxylic acids is 1. The van der Waals surface area contributed by atoms with E-state index in [9.17, 15) is 4.79 Å². The van der Waals surface area contributed by atoms with E-state index in [2.05, 4.69) is 28.0 Å². The molecular weight excluding hydrogens is 318 g/mol. The van der Waals surface area contributed by atoms with Gasteiger partial charge in [-0.3, -0.25) is 19.3 Å². The van der Waals surface area contributed by atoms with Crippen molar-refractivity contribution in [2.45, 2.75) is 25.4 Å². The van der Waals surface area contributed by atoms with Gasteiger partial charge < -0.3 is 9.32 Å². The summed E-state index contributed by atoms with van der Waals surface area (Å²) in [5, 5.41) is 4.22. The number of anilines is 1. The van der Waals surface area contributed by atoms with Crippen molar-refractivity contribution >= 4 is 11.6 Å². The van der Waals surface area contributed by atoms with Crippen molar-refractivity contribution in [3.8, 4) is 0 Å². The van der Waals surface area contributed by atoms with Crippen LogP contribution in [0.1, 0.15) is 17.9 Å². The number of hydrogen-bond acceptors (Lipinski definition) is 5. The highest BCUT2D eigenvalue weighted by Crippen LogP contribution is 2.34. The number of aromatic nitrogens is 2. The average molecular weight is 343 g/mol. The molecule has 4 heterocycles. The molecule has 0 bridgehead atoms. The number of furan rings is 1. The third-order valence-corrected chi connectivity index (χ3v) is 5.53. The molecule has 0 N–H and O–H groups in total. The Balaban J connectivity index is 1.51. The first-order chi connectivity index (χ1) is 11.9. The van der Waals surface area contributed by atoms with Gasteiger partial charge in [-0.25, -0.2) is 0 Å². The van der Waals surface area contributed by atoms with Crippen molar-refractivity contribution in [3.63, 3.8) is 0 Å². The van der Waals surface area contributed by atoms with Gasteiger partial charge in [-0.05, 0) is 32.5 Å². The molecule has 2 fully saturated rings. The van der Waals surface area contributed by atoms with Crippen molar-refractivity contribution in [2.24, 2.45) is 7.05 Å². The normalized spacial score (nSPS) is 25.4. The van der Waals surface area contributed by atoms with E-state index in [0.29, 0.717) is 13.1 Å². The van der Waals surface area contributed by atoms with E-state index in [-0.39, 0.29) is 11.4 Å². The Labute approximate surface area is 147 Å². The summed E-state index contributed by atoms with van der Waals surface area (Å²) in [7, 11) is 3.95. The van der Waals surface area contributed by atoms with Crippen LogP contribution in [-0.4, -0.2) is 64.3 Å². The summed E-state index contributed by atoms with van der Waals surface area (Å²) < 4.78 is 7.47. The minimum absolute atomic E-state index is 0.00854. The molecule has 1 spiro atoms. The van der Waals surface area contributed by atoms with Crippen molar-refractivity contribution in [2.75, 3.05) is 38.1 Å². The number of rotatable bonds is 3. The second-order valence-corrected chi connectivity index (χ2v) is 7.41. The minimum Gasteiger partial charge on any atom is -0.465 e. The molecular formula is C18H25N5O2. The Morgan fingerprint density at radius 3 is 2.80 bits per heavy atom. The van der Waals surface area contributed by atoms with E-state index in [1.807, 2.05) is 31.1 Å². The number of likely N-dealkylation sites (N-methyl/N-ethyl adjacent to an activating group) is 1. The second-order valence-electron chi connectivity index (χ2n) is 7.41. The molecule has 0 saturated carbocycles. The summed E-state index contributed by atoms with van der Waals surface area (Å²) in [6.45, 7) is 5.91. The van der Waals surface area contributed by atoms with Gasteiger partial charge in [0.25, 0.3) is 0 Å². The van der Waals surface area contributed by atoms with Crippen LogP contribution in [0.5, 0.6) is 0 Å². The predicted octanol–water partition coefficient (Wildman–Crippen LogP) is 1.24. The van der Waals surface area contributed by atoms with Crippen molar-refractivity contribution in [1.29, 1.82) is 0 Å². The number of likely N-dealkylation sites (tertiary alicyclic amines) is 1. The van der Waals surface area contributed by atoms with Crippen molar-refractivity contribution in [3.05, 3.63) is 36.0 Å². The maximum atomic E-state index is 12.5. The summed E-state index contributed by atoms with van der Waals surface area (Å²) >= 11 is 0. The lowest BCUT2D eigenvalue weighted by Crippen LogP contribution is -2.64. The number of piperazine rings is 1. The molecule has 7 heteroatoms. The SMILES string of the molecule is Cc1ccc(CN2CCC3(C2)CN(c2cnn(C)c2)C(=O)CN3C)o1. The Morgan fingerprint density at radius 2 is 2.12 bits per heavy atom. The number of carbonyl (C=O) groups is 1. The summed E-state index contributed by atoms with van der Waals surface area (Å²) in [6, 6.07) is 4.06. The van der Waals surface area contributed by atoms with Crippen LogP contribution in [0, 0.1) is 6.92 Å². The van der Waals surface area contributed by atoms with E-state index in [4.69, 9.17) is 4.42 Å². The number of amides is 1. The first-order valence-corrected chi connectivity index (χ1v) is 8.73. The fourth-order valence-electron chi connectivity index (χ4n) is 4.05. The number of aryl methyl sites for hydroxylation is 2. The molecule has 0 aliphatic carbocycles. The molecule has 2 aliphatic heterocycles. The molecule has 1 amide bonds. The fourth-order valence-corrected chi connectivity index (χ4v) is 4.05. The van der Waals surface area contributed by atoms with E-state index in [1.165, 1.54) is 0 Å². The quantitative estimate of drug-likeness (QED) is 0.839. The predicted molar refractivity (Wildman–Crippen MR) is 94.3 cm³/mol. The average Bonchev–Trinajstić information content (AvgIpc) is 3.26. The summed E-state index contributed by atoms with van der Waals surface area (Å²) in [6.07, 6.45) is 4.73. The molecule has 134 valence electrons. The fraction of sp³-hybridized carbons (Fsp3) is 0.556. The largest absolute Gasteiger partial charge is 0.465 e. The van der Waals surface area contributed by atoms with Gasteiger partial charge in [0.05, 0.1) is 30.5 Å². The first-order valence-electron chi connectivity index (χ1n) is 8.73. The molecule has 4 rings (SSSR count). The molecule has 2 saturated heterocycles. The Kier molecular flexibility index (Phi) is 3.92. The number of hydrogen-bond donors (Lipinski definition) is 0.